The van der Waals surface area contributed by atoms with Crippen LogP contribution in [0.25, 0.3) is 0 Å². The van der Waals surface area contributed by atoms with Crippen molar-refractivity contribution in [2.75, 3.05) is 19.6 Å². The van der Waals surface area contributed by atoms with Crippen LogP contribution in [0, 0.1) is 12.7 Å². The lowest BCUT2D eigenvalue weighted by Crippen LogP contribution is -2.37. The molecule has 1 fully saturated rings. The number of hydrogen-bond acceptors (Lipinski definition) is 4. The van der Waals surface area contributed by atoms with Gasteiger partial charge in [0.2, 0.25) is 0 Å². The minimum absolute atomic E-state index is 0.159. The smallest absolute Gasteiger partial charge is 0.263 e. The van der Waals surface area contributed by atoms with E-state index in [4.69, 9.17) is 11.6 Å². The fourth-order valence-corrected chi connectivity index (χ4v) is 4.72. The first-order valence-electron chi connectivity index (χ1n) is 9.32. The van der Waals surface area contributed by atoms with Crippen molar-refractivity contribution in [3.8, 4) is 0 Å². The maximum Gasteiger partial charge on any atom is 0.263 e. The Kier molecular flexibility index (Phi) is 6.50. The van der Waals surface area contributed by atoms with Crippen molar-refractivity contribution in [2.45, 2.75) is 45.6 Å². The van der Waals surface area contributed by atoms with E-state index in [1.54, 1.807) is 12.1 Å². The van der Waals surface area contributed by atoms with Crippen LogP contribution in [0.3, 0.4) is 0 Å². The standard InChI is InChI=1S/C20H25ClFN3OS/c1-12(2)20-24-13(3)18(27-20)19(26)23-11-16(25-9-4-5-10-25)17-14(21)7-6-8-15(17)22/h6-8,12,16H,4-5,9-11H2,1-3H3,(H,23,26). The van der Waals surface area contributed by atoms with Crippen LogP contribution in [0.15, 0.2) is 18.2 Å². The summed E-state index contributed by atoms with van der Waals surface area (Å²) >= 11 is 7.74. The molecule has 7 heteroatoms. The van der Waals surface area contributed by atoms with E-state index in [1.807, 2.05) is 6.92 Å². The normalized spacial score (nSPS) is 16.1. The van der Waals surface area contributed by atoms with Crippen LogP contribution in [-0.4, -0.2) is 35.4 Å². The summed E-state index contributed by atoms with van der Waals surface area (Å²) < 4.78 is 14.5. The summed E-state index contributed by atoms with van der Waals surface area (Å²) in [6, 6.07) is 4.46. The van der Waals surface area contributed by atoms with Crippen molar-refractivity contribution in [2.24, 2.45) is 0 Å². The molecule has 1 saturated heterocycles. The lowest BCUT2D eigenvalue weighted by Gasteiger charge is -2.29. The highest BCUT2D eigenvalue weighted by molar-refractivity contribution is 7.13. The predicted molar refractivity (Wildman–Crippen MR) is 108 cm³/mol. The Labute approximate surface area is 168 Å². The minimum atomic E-state index is -0.329. The van der Waals surface area contributed by atoms with Crippen LogP contribution < -0.4 is 5.32 Å². The number of halogens is 2. The second-order valence-corrected chi connectivity index (χ2v) is 8.66. The van der Waals surface area contributed by atoms with Gasteiger partial charge in [-0.05, 0) is 45.0 Å². The Morgan fingerprint density at radius 2 is 2.07 bits per heavy atom. The second-order valence-electron chi connectivity index (χ2n) is 7.23. The van der Waals surface area contributed by atoms with Gasteiger partial charge in [0.05, 0.1) is 16.7 Å². The van der Waals surface area contributed by atoms with Crippen LogP contribution in [0.4, 0.5) is 4.39 Å². The average molecular weight is 410 g/mol. The second kappa shape index (κ2) is 8.67. The Morgan fingerprint density at radius 3 is 2.67 bits per heavy atom. The van der Waals surface area contributed by atoms with Gasteiger partial charge in [0, 0.05) is 23.0 Å². The van der Waals surface area contributed by atoms with E-state index in [2.05, 4.69) is 29.0 Å². The first-order chi connectivity index (χ1) is 12.9. The SMILES string of the molecule is Cc1nc(C(C)C)sc1C(=O)NCC(c1c(F)cccc1Cl)N1CCCC1. The van der Waals surface area contributed by atoms with Crippen LogP contribution in [0.1, 0.15) is 64.6 Å². The van der Waals surface area contributed by atoms with E-state index < -0.39 is 0 Å². The number of rotatable bonds is 6. The van der Waals surface area contributed by atoms with Crippen LogP contribution in [0.5, 0.6) is 0 Å². The van der Waals surface area contributed by atoms with Gasteiger partial charge in [-0.25, -0.2) is 9.37 Å². The lowest BCUT2D eigenvalue weighted by atomic mass is 10.0. The van der Waals surface area contributed by atoms with Crippen LogP contribution in [0.2, 0.25) is 5.02 Å². The fraction of sp³-hybridized carbons (Fsp3) is 0.500. The highest BCUT2D eigenvalue weighted by Crippen LogP contribution is 2.32. The number of hydrogen-bond donors (Lipinski definition) is 1. The molecule has 1 atom stereocenters. The molecule has 2 heterocycles. The van der Waals surface area contributed by atoms with Gasteiger partial charge in [-0.3, -0.25) is 9.69 Å². The van der Waals surface area contributed by atoms with E-state index in [-0.39, 0.29) is 23.7 Å². The molecule has 0 spiro atoms. The summed E-state index contributed by atoms with van der Waals surface area (Å²) in [5.41, 5.74) is 1.20. The highest BCUT2D eigenvalue weighted by atomic mass is 35.5. The van der Waals surface area contributed by atoms with Crippen molar-refractivity contribution >= 4 is 28.8 Å². The van der Waals surface area contributed by atoms with Gasteiger partial charge in [-0.2, -0.15) is 0 Å². The number of nitrogens with one attached hydrogen (secondary N) is 1. The highest BCUT2D eigenvalue weighted by Gasteiger charge is 2.28. The maximum atomic E-state index is 14.5. The summed E-state index contributed by atoms with van der Waals surface area (Å²) in [7, 11) is 0. The molecule has 1 aliphatic rings. The number of carbonyl (C=O) groups excluding carboxylic acids is 1. The van der Waals surface area contributed by atoms with E-state index in [9.17, 15) is 9.18 Å². The molecule has 27 heavy (non-hydrogen) atoms. The van der Waals surface area contributed by atoms with Gasteiger partial charge in [0.15, 0.2) is 0 Å². The molecule has 4 nitrogen and oxygen atoms in total. The number of thiazole rings is 1. The number of benzene rings is 1. The van der Waals surface area contributed by atoms with Crippen molar-refractivity contribution in [3.63, 3.8) is 0 Å². The van der Waals surface area contributed by atoms with E-state index in [0.29, 0.717) is 22.0 Å². The van der Waals surface area contributed by atoms with Gasteiger partial charge in [-0.1, -0.05) is 31.5 Å². The summed E-state index contributed by atoms with van der Waals surface area (Å²) in [5, 5.41) is 4.34. The number of likely N-dealkylation sites (tertiary alicyclic amines) is 1. The number of nitrogens with zero attached hydrogens (tertiary/aromatic N) is 2. The van der Waals surface area contributed by atoms with Gasteiger partial charge in [-0.15, -0.1) is 11.3 Å². The third kappa shape index (κ3) is 4.50. The molecule has 1 aliphatic heterocycles. The molecule has 146 valence electrons. The number of aryl methyl sites for hydroxylation is 1. The van der Waals surface area contributed by atoms with E-state index in [0.717, 1.165) is 36.6 Å². The third-order valence-corrected chi connectivity index (χ3v) is 6.67. The average Bonchev–Trinajstić information content (AvgIpc) is 3.27. The van der Waals surface area contributed by atoms with Crippen LogP contribution in [-0.2, 0) is 0 Å². The third-order valence-electron chi connectivity index (χ3n) is 4.88. The van der Waals surface area contributed by atoms with Gasteiger partial charge in [0.25, 0.3) is 5.91 Å². The van der Waals surface area contributed by atoms with E-state index >= 15 is 0 Å². The largest absolute Gasteiger partial charge is 0.349 e. The Morgan fingerprint density at radius 1 is 1.37 bits per heavy atom. The summed E-state index contributed by atoms with van der Waals surface area (Å²) in [4.78, 5) is 20.0. The number of carbonyl (C=O) groups is 1. The van der Waals surface area contributed by atoms with Crippen molar-refractivity contribution in [1.29, 1.82) is 0 Å². The van der Waals surface area contributed by atoms with Crippen LogP contribution >= 0.6 is 22.9 Å². The number of aromatic nitrogens is 1. The molecule has 0 radical (unpaired) electrons. The van der Waals surface area contributed by atoms with Gasteiger partial charge < -0.3 is 5.32 Å². The van der Waals surface area contributed by atoms with Gasteiger partial charge >= 0.3 is 0 Å². The van der Waals surface area contributed by atoms with Crippen molar-refractivity contribution in [1.82, 2.24) is 15.2 Å². The molecule has 1 unspecified atom stereocenters. The fourth-order valence-electron chi connectivity index (χ4n) is 3.44. The molecule has 1 aromatic heterocycles. The molecule has 0 saturated carbocycles. The summed E-state index contributed by atoms with van der Waals surface area (Å²) in [6.45, 7) is 8.04. The monoisotopic (exact) mass is 409 g/mol. The molecular formula is C20H25ClFN3OS. The molecule has 1 N–H and O–H groups in total. The molecule has 1 amide bonds. The maximum absolute atomic E-state index is 14.5. The van der Waals surface area contributed by atoms with Crippen molar-refractivity contribution in [3.05, 3.63) is 50.2 Å². The minimum Gasteiger partial charge on any atom is -0.349 e. The van der Waals surface area contributed by atoms with E-state index in [1.165, 1.54) is 17.4 Å². The zero-order valence-corrected chi connectivity index (χ0v) is 17.5. The molecular weight excluding hydrogens is 385 g/mol. The number of amides is 1. The molecule has 3 rings (SSSR count). The molecule has 0 aliphatic carbocycles. The van der Waals surface area contributed by atoms with Gasteiger partial charge in [0.1, 0.15) is 10.7 Å². The predicted octanol–water partition coefficient (Wildman–Crippen LogP) is 4.93. The topological polar surface area (TPSA) is 45.2 Å². The Bertz CT molecular complexity index is 797. The zero-order valence-electron chi connectivity index (χ0n) is 15.9. The first kappa shape index (κ1) is 20.2. The summed E-state index contributed by atoms with van der Waals surface area (Å²) in [6.07, 6.45) is 2.14. The molecule has 1 aromatic carbocycles. The first-order valence-corrected chi connectivity index (χ1v) is 10.5. The quantitative estimate of drug-likeness (QED) is 0.735. The Balaban J connectivity index is 1.80. The zero-order chi connectivity index (χ0) is 19.6. The molecule has 0 bridgehead atoms. The Hall–Kier alpha value is -1.50. The molecule has 2 aromatic rings. The summed E-state index contributed by atoms with van der Waals surface area (Å²) in [5.74, 6) is -0.205. The lowest BCUT2D eigenvalue weighted by molar-refractivity contribution is 0.0940. The van der Waals surface area contributed by atoms with Crippen molar-refractivity contribution < 1.29 is 9.18 Å².